The van der Waals surface area contributed by atoms with Crippen molar-refractivity contribution in [2.75, 3.05) is 13.2 Å². The van der Waals surface area contributed by atoms with Crippen molar-refractivity contribution in [1.29, 1.82) is 0 Å². The summed E-state index contributed by atoms with van der Waals surface area (Å²) in [6.45, 7) is 3.78. The average Bonchev–Trinajstić information content (AvgIpc) is 3.11. The Morgan fingerprint density at radius 1 is 1.32 bits per heavy atom. The topological polar surface area (TPSA) is 60.2 Å². The maximum atomic E-state index is 6.03. The molecular weight excluding hydrogens is 242 g/mol. The molecule has 2 heterocycles. The molecule has 1 aromatic heterocycles. The highest BCUT2D eigenvalue weighted by Gasteiger charge is 2.39. The largest absolute Gasteiger partial charge is 0.367 e. The Balaban J connectivity index is 1.81. The molecule has 1 aliphatic carbocycles. The lowest BCUT2D eigenvalue weighted by molar-refractivity contribution is -0.0777. The molecule has 0 radical (unpaired) electrons. The first-order chi connectivity index (χ1) is 9.34. The van der Waals surface area contributed by atoms with E-state index >= 15 is 0 Å². The zero-order valence-electron chi connectivity index (χ0n) is 11.7. The normalized spacial score (nSPS) is 26.7. The average molecular weight is 265 g/mol. The highest BCUT2D eigenvalue weighted by molar-refractivity contribution is 5.05. The lowest BCUT2D eigenvalue weighted by atomic mass is 9.84. The van der Waals surface area contributed by atoms with Crippen molar-refractivity contribution in [2.45, 2.75) is 63.5 Å². The molecular formula is C14H23N3O2. The zero-order valence-corrected chi connectivity index (χ0v) is 11.7. The second-order valence-corrected chi connectivity index (χ2v) is 5.59. The third-order valence-electron chi connectivity index (χ3n) is 4.29. The summed E-state index contributed by atoms with van der Waals surface area (Å²) in [6.07, 6.45) is 7.94. The van der Waals surface area contributed by atoms with Crippen LogP contribution in [-0.2, 0) is 10.3 Å². The minimum Gasteiger partial charge on any atom is -0.367 e. The molecule has 0 unspecified atom stereocenters. The van der Waals surface area contributed by atoms with E-state index in [1.165, 1.54) is 25.7 Å². The molecule has 1 N–H and O–H groups in total. The van der Waals surface area contributed by atoms with Gasteiger partial charge in [-0.15, -0.1) is 0 Å². The minimum absolute atomic E-state index is 0.239. The number of nitrogens with one attached hydrogen (secondary N) is 1. The Bertz CT molecular complexity index is 401. The van der Waals surface area contributed by atoms with Crippen LogP contribution in [0, 0.1) is 0 Å². The maximum absolute atomic E-state index is 6.03. The predicted molar refractivity (Wildman–Crippen MR) is 70.7 cm³/mol. The Labute approximate surface area is 114 Å². The summed E-state index contributed by atoms with van der Waals surface area (Å²) in [7, 11) is 0. The van der Waals surface area contributed by atoms with Gasteiger partial charge >= 0.3 is 0 Å². The quantitative estimate of drug-likeness (QED) is 0.907. The Morgan fingerprint density at radius 3 is 2.84 bits per heavy atom. The van der Waals surface area contributed by atoms with Crippen LogP contribution in [0.25, 0.3) is 0 Å². The van der Waals surface area contributed by atoms with Crippen LogP contribution in [0.2, 0.25) is 0 Å². The van der Waals surface area contributed by atoms with E-state index in [0.717, 1.165) is 37.5 Å². The maximum Gasteiger partial charge on any atom is 0.243 e. The lowest BCUT2D eigenvalue weighted by Crippen LogP contribution is -2.33. The number of nitrogens with zero attached hydrogens (tertiary/aromatic N) is 2. The summed E-state index contributed by atoms with van der Waals surface area (Å²) < 4.78 is 11.5. The summed E-state index contributed by atoms with van der Waals surface area (Å²) in [4.78, 5) is 4.64. The first kappa shape index (κ1) is 13.1. The summed E-state index contributed by atoms with van der Waals surface area (Å²) in [5, 5.41) is 7.62. The van der Waals surface area contributed by atoms with Gasteiger partial charge in [0, 0.05) is 6.61 Å². The molecule has 1 aliphatic heterocycles. The number of hydrogen-bond donors (Lipinski definition) is 1. The van der Waals surface area contributed by atoms with E-state index in [2.05, 4.69) is 15.5 Å². The second-order valence-electron chi connectivity index (χ2n) is 5.59. The highest BCUT2D eigenvalue weighted by Crippen LogP contribution is 2.39. The fraction of sp³-hybridized carbons (Fsp3) is 0.857. The standard InChI is InChI=1S/C14H23N3O2/c1-2-18-14(8-4-3-5-9-14)13-16-12(19-17-13)11-7-6-10-15-11/h11,15H,2-10H2,1H3/t11-/m1/s1. The van der Waals surface area contributed by atoms with E-state index in [1.807, 2.05) is 6.92 Å². The second kappa shape index (κ2) is 5.59. The van der Waals surface area contributed by atoms with E-state index < -0.39 is 0 Å². The molecule has 106 valence electrons. The van der Waals surface area contributed by atoms with Gasteiger partial charge in [0.25, 0.3) is 0 Å². The molecule has 2 fully saturated rings. The van der Waals surface area contributed by atoms with Crippen molar-refractivity contribution in [3.8, 4) is 0 Å². The van der Waals surface area contributed by atoms with Crippen molar-refractivity contribution < 1.29 is 9.26 Å². The summed E-state index contributed by atoms with van der Waals surface area (Å²) in [5.41, 5.74) is -0.298. The lowest BCUT2D eigenvalue weighted by Gasteiger charge is -2.33. The molecule has 1 saturated heterocycles. The van der Waals surface area contributed by atoms with Crippen LogP contribution in [0.1, 0.15) is 69.6 Å². The van der Waals surface area contributed by atoms with Crippen molar-refractivity contribution in [3.63, 3.8) is 0 Å². The van der Waals surface area contributed by atoms with Gasteiger partial charge in [-0.3, -0.25) is 0 Å². The molecule has 1 aromatic rings. The van der Waals surface area contributed by atoms with Crippen molar-refractivity contribution >= 4 is 0 Å². The molecule has 5 heteroatoms. The molecule has 3 rings (SSSR count). The summed E-state index contributed by atoms with van der Waals surface area (Å²) in [5.74, 6) is 1.50. The van der Waals surface area contributed by atoms with Gasteiger partial charge in [-0.25, -0.2) is 0 Å². The van der Waals surface area contributed by atoms with Crippen LogP contribution in [-0.4, -0.2) is 23.3 Å². The van der Waals surface area contributed by atoms with Crippen molar-refractivity contribution in [1.82, 2.24) is 15.5 Å². The van der Waals surface area contributed by atoms with Gasteiger partial charge < -0.3 is 14.6 Å². The van der Waals surface area contributed by atoms with Gasteiger partial charge in [0.1, 0.15) is 5.60 Å². The van der Waals surface area contributed by atoms with Crippen LogP contribution in [0.4, 0.5) is 0 Å². The molecule has 5 nitrogen and oxygen atoms in total. The molecule has 1 saturated carbocycles. The number of rotatable bonds is 4. The van der Waals surface area contributed by atoms with E-state index in [4.69, 9.17) is 9.26 Å². The minimum atomic E-state index is -0.298. The number of aromatic nitrogens is 2. The fourth-order valence-corrected chi connectivity index (χ4v) is 3.29. The van der Waals surface area contributed by atoms with E-state index in [1.54, 1.807) is 0 Å². The monoisotopic (exact) mass is 265 g/mol. The molecule has 0 spiro atoms. The van der Waals surface area contributed by atoms with Crippen molar-refractivity contribution in [2.24, 2.45) is 0 Å². The van der Waals surface area contributed by atoms with Crippen LogP contribution in [0.5, 0.6) is 0 Å². The van der Waals surface area contributed by atoms with E-state index in [0.29, 0.717) is 6.61 Å². The smallest absolute Gasteiger partial charge is 0.243 e. The van der Waals surface area contributed by atoms with Crippen LogP contribution >= 0.6 is 0 Å². The van der Waals surface area contributed by atoms with Crippen LogP contribution in [0.3, 0.4) is 0 Å². The highest BCUT2D eigenvalue weighted by atomic mass is 16.5. The summed E-state index contributed by atoms with van der Waals surface area (Å²) >= 11 is 0. The molecule has 0 aromatic carbocycles. The number of ether oxygens (including phenoxy) is 1. The van der Waals surface area contributed by atoms with E-state index in [9.17, 15) is 0 Å². The summed E-state index contributed by atoms with van der Waals surface area (Å²) in [6, 6.07) is 0.239. The third-order valence-corrected chi connectivity index (χ3v) is 4.29. The SMILES string of the molecule is CCOC1(c2noc([C@H]3CCCN3)n2)CCCCC1. The molecule has 2 aliphatic rings. The van der Waals surface area contributed by atoms with Crippen molar-refractivity contribution in [3.05, 3.63) is 11.7 Å². The molecule has 0 bridgehead atoms. The van der Waals surface area contributed by atoms with Gasteiger partial charge in [0.05, 0.1) is 6.04 Å². The van der Waals surface area contributed by atoms with E-state index in [-0.39, 0.29) is 11.6 Å². The van der Waals surface area contributed by atoms with Gasteiger partial charge in [-0.2, -0.15) is 4.98 Å². The van der Waals surface area contributed by atoms with Gasteiger partial charge in [0.2, 0.25) is 11.7 Å². The molecule has 19 heavy (non-hydrogen) atoms. The first-order valence-electron chi connectivity index (χ1n) is 7.55. The predicted octanol–water partition coefficient (Wildman–Crippen LogP) is 2.69. The van der Waals surface area contributed by atoms with Crippen LogP contribution in [0.15, 0.2) is 4.52 Å². The van der Waals surface area contributed by atoms with Crippen LogP contribution < -0.4 is 5.32 Å². The third kappa shape index (κ3) is 2.54. The first-order valence-corrected chi connectivity index (χ1v) is 7.55. The molecule has 0 amide bonds. The molecule has 1 atom stereocenters. The Hall–Kier alpha value is -0.940. The fourth-order valence-electron chi connectivity index (χ4n) is 3.29. The Morgan fingerprint density at radius 2 is 2.16 bits per heavy atom. The zero-order chi connectivity index (χ0) is 13.1. The number of hydrogen-bond acceptors (Lipinski definition) is 5. The van der Waals surface area contributed by atoms with Gasteiger partial charge in [0.15, 0.2) is 0 Å². The Kier molecular flexibility index (Phi) is 3.84. The van der Waals surface area contributed by atoms with Gasteiger partial charge in [-0.05, 0) is 39.2 Å². The van der Waals surface area contributed by atoms with Gasteiger partial charge in [-0.1, -0.05) is 24.4 Å².